The molecule has 0 aromatic carbocycles. The average Bonchev–Trinajstić information content (AvgIpc) is 3.42. The Morgan fingerprint density at radius 2 is 2.07 bits per heavy atom. The van der Waals surface area contributed by atoms with Gasteiger partial charge in [-0.15, -0.1) is 0 Å². The molecule has 2 aromatic heterocycles. The Morgan fingerprint density at radius 1 is 1.24 bits per heavy atom. The van der Waals surface area contributed by atoms with E-state index >= 15 is 0 Å². The molecule has 4 rings (SSSR count). The van der Waals surface area contributed by atoms with E-state index in [4.69, 9.17) is 14.1 Å². The zero-order chi connectivity index (χ0) is 20.2. The molecule has 2 fully saturated rings. The van der Waals surface area contributed by atoms with Crippen LogP contribution in [0.5, 0.6) is 0 Å². The van der Waals surface area contributed by atoms with E-state index in [1.54, 1.807) is 11.2 Å². The van der Waals surface area contributed by atoms with Crippen LogP contribution in [0.15, 0.2) is 34.9 Å². The first-order chi connectivity index (χ1) is 14.1. The first kappa shape index (κ1) is 20.1. The monoisotopic (exact) mass is 397 g/mol. The average molecular weight is 398 g/mol. The fourth-order valence-corrected chi connectivity index (χ4v) is 4.45. The molecule has 2 saturated heterocycles. The Morgan fingerprint density at radius 3 is 2.76 bits per heavy atom. The third-order valence-corrected chi connectivity index (χ3v) is 6.07. The predicted octanol–water partition coefficient (Wildman–Crippen LogP) is 3.61. The third kappa shape index (κ3) is 4.87. The Bertz CT molecular complexity index is 807. The third-order valence-electron chi connectivity index (χ3n) is 6.07. The van der Waals surface area contributed by atoms with Gasteiger partial charge in [-0.1, -0.05) is 0 Å². The van der Waals surface area contributed by atoms with E-state index in [1.807, 2.05) is 38.2 Å². The van der Waals surface area contributed by atoms with E-state index in [0.29, 0.717) is 18.6 Å². The Kier molecular flexibility index (Phi) is 6.31. The lowest BCUT2D eigenvalue weighted by molar-refractivity contribution is 0.0640. The highest BCUT2D eigenvalue weighted by molar-refractivity contribution is 5.95. The minimum atomic E-state index is 0.00526. The standard InChI is InChI=1S/C23H31N3O3/c1-17-7-8-21(23(27)25(2)15-19-5-3-13-28-19)22(24-17)18-9-11-26(12-10-18)16-20-6-4-14-29-20/h3,5,7-8,13,18,20H,4,6,9-12,14-16H2,1-2H3. The Hall–Kier alpha value is -2.18. The van der Waals surface area contributed by atoms with E-state index < -0.39 is 0 Å². The maximum atomic E-state index is 13.2. The lowest BCUT2D eigenvalue weighted by Crippen LogP contribution is -2.38. The zero-order valence-electron chi connectivity index (χ0n) is 17.5. The van der Waals surface area contributed by atoms with Crippen LogP contribution in [0.2, 0.25) is 0 Å². The topological polar surface area (TPSA) is 58.8 Å². The highest BCUT2D eigenvalue weighted by Crippen LogP contribution is 2.30. The van der Waals surface area contributed by atoms with Crippen LogP contribution in [0.1, 0.15) is 59.1 Å². The molecule has 2 aliphatic heterocycles. The minimum absolute atomic E-state index is 0.00526. The maximum absolute atomic E-state index is 13.2. The number of nitrogens with zero attached hydrogens (tertiary/aromatic N) is 3. The molecule has 0 N–H and O–H groups in total. The van der Waals surface area contributed by atoms with Crippen LogP contribution in [0, 0.1) is 6.92 Å². The number of aryl methyl sites for hydroxylation is 1. The second kappa shape index (κ2) is 9.09. The Balaban J connectivity index is 1.43. The highest BCUT2D eigenvalue weighted by atomic mass is 16.5. The number of amides is 1. The number of hydrogen-bond donors (Lipinski definition) is 0. The van der Waals surface area contributed by atoms with Crippen molar-refractivity contribution in [1.29, 1.82) is 0 Å². The number of hydrogen-bond acceptors (Lipinski definition) is 5. The van der Waals surface area contributed by atoms with Crippen LogP contribution in [0.4, 0.5) is 0 Å². The summed E-state index contributed by atoms with van der Waals surface area (Å²) in [6.45, 7) is 6.47. The molecule has 1 atom stereocenters. The summed E-state index contributed by atoms with van der Waals surface area (Å²) in [5.41, 5.74) is 2.65. The van der Waals surface area contributed by atoms with Gasteiger partial charge in [-0.05, 0) is 70.0 Å². The summed E-state index contributed by atoms with van der Waals surface area (Å²) in [4.78, 5) is 22.2. The molecule has 2 aromatic rings. The highest BCUT2D eigenvalue weighted by Gasteiger charge is 2.29. The number of aromatic nitrogens is 1. The van der Waals surface area contributed by atoms with Gasteiger partial charge >= 0.3 is 0 Å². The van der Waals surface area contributed by atoms with Crippen molar-refractivity contribution >= 4 is 5.91 Å². The van der Waals surface area contributed by atoms with Gasteiger partial charge in [-0.25, -0.2) is 0 Å². The fourth-order valence-electron chi connectivity index (χ4n) is 4.45. The SMILES string of the molecule is Cc1ccc(C(=O)N(C)Cc2ccco2)c(C2CCN(CC3CCCO3)CC2)n1. The minimum Gasteiger partial charge on any atom is -0.467 e. The number of likely N-dealkylation sites (tertiary alicyclic amines) is 1. The van der Waals surface area contributed by atoms with Gasteiger partial charge in [0.2, 0.25) is 0 Å². The quantitative estimate of drug-likeness (QED) is 0.745. The van der Waals surface area contributed by atoms with Gasteiger partial charge in [0.25, 0.3) is 5.91 Å². The van der Waals surface area contributed by atoms with Crippen molar-refractivity contribution in [2.45, 2.75) is 51.2 Å². The summed E-state index contributed by atoms with van der Waals surface area (Å²) >= 11 is 0. The molecule has 0 aliphatic carbocycles. The number of furan rings is 1. The smallest absolute Gasteiger partial charge is 0.255 e. The molecule has 0 saturated carbocycles. The largest absolute Gasteiger partial charge is 0.467 e. The number of carbonyl (C=O) groups is 1. The molecule has 156 valence electrons. The number of piperidine rings is 1. The molecular formula is C23H31N3O3. The molecule has 6 nitrogen and oxygen atoms in total. The van der Waals surface area contributed by atoms with Gasteiger partial charge in [0, 0.05) is 31.8 Å². The van der Waals surface area contributed by atoms with Crippen LogP contribution in [-0.2, 0) is 11.3 Å². The number of rotatable bonds is 6. The summed E-state index contributed by atoms with van der Waals surface area (Å²) in [5, 5.41) is 0. The summed E-state index contributed by atoms with van der Waals surface area (Å²) in [6.07, 6.45) is 6.47. The van der Waals surface area contributed by atoms with Crippen molar-refractivity contribution in [2.75, 3.05) is 33.3 Å². The second-order valence-corrected chi connectivity index (χ2v) is 8.34. The van der Waals surface area contributed by atoms with E-state index in [9.17, 15) is 4.79 Å². The number of pyridine rings is 1. The molecule has 6 heteroatoms. The lowest BCUT2D eigenvalue weighted by atomic mass is 9.89. The normalized spacial score (nSPS) is 20.8. The van der Waals surface area contributed by atoms with Gasteiger partial charge in [0.1, 0.15) is 5.76 Å². The van der Waals surface area contributed by atoms with Gasteiger partial charge in [0.15, 0.2) is 0 Å². The van der Waals surface area contributed by atoms with Gasteiger partial charge < -0.3 is 19.0 Å². The van der Waals surface area contributed by atoms with Crippen LogP contribution in [0.3, 0.4) is 0 Å². The van der Waals surface area contributed by atoms with Crippen molar-refractivity contribution in [3.05, 3.63) is 53.2 Å². The summed E-state index contributed by atoms with van der Waals surface area (Å²) < 4.78 is 11.2. The number of carbonyl (C=O) groups excluding carboxylic acids is 1. The van der Waals surface area contributed by atoms with Gasteiger partial charge in [-0.3, -0.25) is 9.78 Å². The van der Waals surface area contributed by atoms with Crippen molar-refractivity contribution in [1.82, 2.24) is 14.8 Å². The van der Waals surface area contributed by atoms with Crippen LogP contribution >= 0.6 is 0 Å². The molecule has 4 heterocycles. The first-order valence-electron chi connectivity index (χ1n) is 10.7. The molecule has 0 spiro atoms. The van der Waals surface area contributed by atoms with E-state index in [-0.39, 0.29) is 5.91 Å². The van der Waals surface area contributed by atoms with E-state index in [1.165, 1.54) is 12.8 Å². The predicted molar refractivity (Wildman–Crippen MR) is 111 cm³/mol. The van der Waals surface area contributed by atoms with Crippen molar-refractivity contribution in [3.8, 4) is 0 Å². The van der Waals surface area contributed by atoms with Crippen molar-refractivity contribution in [2.24, 2.45) is 0 Å². The molecule has 1 amide bonds. The second-order valence-electron chi connectivity index (χ2n) is 8.34. The lowest BCUT2D eigenvalue weighted by Gasteiger charge is -2.33. The van der Waals surface area contributed by atoms with E-state index in [2.05, 4.69) is 4.90 Å². The number of ether oxygens (including phenoxy) is 1. The summed E-state index contributed by atoms with van der Waals surface area (Å²) in [6, 6.07) is 7.61. The molecule has 0 radical (unpaired) electrons. The molecule has 0 bridgehead atoms. The molecular weight excluding hydrogens is 366 g/mol. The Labute approximate surface area is 172 Å². The van der Waals surface area contributed by atoms with E-state index in [0.717, 1.165) is 61.8 Å². The van der Waals surface area contributed by atoms with Crippen LogP contribution in [-0.4, -0.2) is 60.1 Å². The van der Waals surface area contributed by atoms with Crippen molar-refractivity contribution in [3.63, 3.8) is 0 Å². The summed E-state index contributed by atoms with van der Waals surface area (Å²) in [5.74, 6) is 1.11. The molecule has 29 heavy (non-hydrogen) atoms. The molecule has 2 aliphatic rings. The van der Waals surface area contributed by atoms with Gasteiger partial charge in [-0.2, -0.15) is 0 Å². The fraction of sp³-hybridized carbons (Fsp3) is 0.565. The first-order valence-corrected chi connectivity index (χ1v) is 10.7. The van der Waals surface area contributed by atoms with Gasteiger partial charge in [0.05, 0.1) is 30.2 Å². The van der Waals surface area contributed by atoms with Crippen LogP contribution < -0.4 is 0 Å². The summed E-state index contributed by atoms with van der Waals surface area (Å²) in [7, 11) is 1.82. The van der Waals surface area contributed by atoms with Crippen molar-refractivity contribution < 1.29 is 13.9 Å². The zero-order valence-corrected chi connectivity index (χ0v) is 17.5. The van der Waals surface area contributed by atoms with Crippen LogP contribution in [0.25, 0.3) is 0 Å². The molecule has 1 unspecified atom stereocenters. The maximum Gasteiger partial charge on any atom is 0.255 e.